The largest absolute Gasteiger partial charge is 0.461 e. The van der Waals surface area contributed by atoms with E-state index in [1.165, 1.54) is 0 Å². The summed E-state index contributed by atoms with van der Waals surface area (Å²) in [7, 11) is 0. The highest BCUT2D eigenvalue weighted by Gasteiger charge is 2.17. The second-order valence-corrected chi connectivity index (χ2v) is 5.33. The van der Waals surface area contributed by atoms with E-state index in [4.69, 9.17) is 9.47 Å². The van der Waals surface area contributed by atoms with Crippen molar-refractivity contribution in [1.29, 1.82) is 0 Å². The molecule has 0 radical (unpaired) electrons. The van der Waals surface area contributed by atoms with Gasteiger partial charge in [-0.1, -0.05) is 6.07 Å². The number of carbonyl (C=O) groups excluding carboxylic acids is 1. The SMILES string of the molecule is O=C(CCC1CCCO1)OCc1ccc(-n2ccnc2)nc1. The number of pyridine rings is 1. The van der Waals surface area contributed by atoms with Crippen LogP contribution in [0.3, 0.4) is 0 Å². The van der Waals surface area contributed by atoms with Gasteiger partial charge in [0.25, 0.3) is 0 Å². The fraction of sp³-hybridized carbons (Fsp3) is 0.438. The van der Waals surface area contributed by atoms with Crippen LogP contribution in [0.4, 0.5) is 0 Å². The Hall–Kier alpha value is -2.21. The van der Waals surface area contributed by atoms with Gasteiger partial charge in [0.1, 0.15) is 18.8 Å². The number of rotatable bonds is 6. The fourth-order valence-electron chi connectivity index (χ4n) is 2.44. The number of carbonyl (C=O) groups is 1. The Morgan fingerprint density at radius 2 is 2.41 bits per heavy atom. The summed E-state index contributed by atoms with van der Waals surface area (Å²) in [6.07, 6.45) is 10.4. The number of hydrogen-bond acceptors (Lipinski definition) is 5. The van der Waals surface area contributed by atoms with Crippen molar-refractivity contribution in [3.8, 4) is 5.82 Å². The molecular weight excluding hydrogens is 282 g/mol. The summed E-state index contributed by atoms with van der Waals surface area (Å²) in [6, 6.07) is 3.77. The standard InChI is InChI=1S/C16H19N3O3/c20-16(6-4-14-2-1-9-21-14)22-11-13-3-5-15(18-10-13)19-8-7-17-12-19/h3,5,7-8,10,12,14H,1-2,4,6,9,11H2. The van der Waals surface area contributed by atoms with Gasteiger partial charge in [0.05, 0.1) is 6.10 Å². The smallest absolute Gasteiger partial charge is 0.306 e. The Labute approximate surface area is 129 Å². The molecule has 6 heteroatoms. The summed E-state index contributed by atoms with van der Waals surface area (Å²) in [5.41, 5.74) is 0.870. The number of nitrogens with zero attached hydrogens (tertiary/aromatic N) is 3. The molecule has 1 unspecified atom stereocenters. The highest BCUT2D eigenvalue weighted by Crippen LogP contribution is 2.17. The van der Waals surface area contributed by atoms with Gasteiger partial charge in [-0.15, -0.1) is 0 Å². The van der Waals surface area contributed by atoms with Gasteiger partial charge in [0.15, 0.2) is 0 Å². The summed E-state index contributed by atoms with van der Waals surface area (Å²) >= 11 is 0. The van der Waals surface area contributed by atoms with Crippen molar-refractivity contribution in [2.45, 2.75) is 38.4 Å². The Morgan fingerprint density at radius 3 is 3.09 bits per heavy atom. The average molecular weight is 301 g/mol. The zero-order valence-electron chi connectivity index (χ0n) is 12.4. The lowest BCUT2D eigenvalue weighted by molar-refractivity contribution is -0.145. The maximum absolute atomic E-state index is 11.7. The van der Waals surface area contributed by atoms with Crippen LogP contribution in [0.1, 0.15) is 31.2 Å². The Balaban J connectivity index is 1.43. The van der Waals surface area contributed by atoms with Crippen molar-refractivity contribution < 1.29 is 14.3 Å². The first-order chi connectivity index (χ1) is 10.8. The third kappa shape index (κ3) is 3.92. The summed E-state index contributed by atoms with van der Waals surface area (Å²) in [5.74, 6) is 0.597. The molecule has 6 nitrogen and oxygen atoms in total. The number of hydrogen-bond donors (Lipinski definition) is 0. The summed E-state index contributed by atoms with van der Waals surface area (Å²) < 4.78 is 12.6. The maximum atomic E-state index is 11.7. The second-order valence-electron chi connectivity index (χ2n) is 5.33. The first kappa shape index (κ1) is 14.7. The zero-order chi connectivity index (χ0) is 15.2. The van der Waals surface area contributed by atoms with Crippen molar-refractivity contribution in [3.63, 3.8) is 0 Å². The minimum absolute atomic E-state index is 0.186. The fourth-order valence-corrected chi connectivity index (χ4v) is 2.44. The van der Waals surface area contributed by atoms with Crippen molar-refractivity contribution >= 4 is 5.97 Å². The lowest BCUT2D eigenvalue weighted by Gasteiger charge is -2.09. The van der Waals surface area contributed by atoms with E-state index in [1.54, 1.807) is 18.7 Å². The maximum Gasteiger partial charge on any atom is 0.306 e. The van der Waals surface area contributed by atoms with Gasteiger partial charge in [-0.25, -0.2) is 9.97 Å². The van der Waals surface area contributed by atoms with Gasteiger partial charge < -0.3 is 9.47 Å². The summed E-state index contributed by atoms with van der Waals surface area (Å²) in [6.45, 7) is 1.07. The van der Waals surface area contributed by atoms with Gasteiger partial charge in [0, 0.05) is 37.2 Å². The van der Waals surface area contributed by atoms with E-state index >= 15 is 0 Å². The van der Waals surface area contributed by atoms with Crippen LogP contribution in [-0.4, -0.2) is 33.2 Å². The monoisotopic (exact) mass is 301 g/mol. The minimum Gasteiger partial charge on any atom is -0.461 e. The van der Waals surface area contributed by atoms with Crippen molar-refractivity contribution in [1.82, 2.24) is 14.5 Å². The molecule has 22 heavy (non-hydrogen) atoms. The van der Waals surface area contributed by atoms with Crippen LogP contribution in [0.5, 0.6) is 0 Å². The van der Waals surface area contributed by atoms with Gasteiger partial charge in [-0.2, -0.15) is 0 Å². The normalized spacial score (nSPS) is 17.5. The van der Waals surface area contributed by atoms with Crippen molar-refractivity contribution in [2.24, 2.45) is 0 Å². The third-order valence-corrected chi connectivity index (χ3v) is 3.67. The molecule has 0 aromatic carbocycles. The summed E-state index contributed by atoms with van der Waals surface area (Å²) in [4.78, 5) is 20.0. The lowest BCUT2D eigenvalue weighted by atomic mass is 10.1. The van der Waals surface area contributed by atoms with E-state index in [2.05, 4.69) is 9.97 Å². The molecule has 116 valence electrons. The molecule has 3 rings (SSSR count). The van der Waals surface area contributed by atoms with Crippen molar-refractivity contribution in [2.75, 3.05) is 6.61 Å². The molecule has 0 aliphatic carbocycles. The highest BCUT2D eigenvalue weighted by atomic mass is 16.5. The number of esters is 1. The number of imidazole rings is 1. The van der Waals surface area contributed by atoms with Gasteiger partial charge in [-0.05, 0) is 25.3 Å². The summed E-state index contributed by atoms with van der Waals surface area (Å²) in [5, 5.41) is 0. The molecule has 0 saturated carbocycles. The topological polar surface area (TPSA) is 66.2 Å². The third-order valence-electron chi connectivity index (χ3n) is 3.67. The predicted octanol–water partition coefficient (Wildman–Crippen LogP) is 2.27. The highest BCUT2D eigenvalue weighted by molar-refractivity contribution is 5.69. The first-order valence-electron chi connectivity index (χ1n) is 7.52. The molecule has 0 spiro atoms. The molecule has 2 aromatic rings. The van der Waals surface area contributed by atoms with Crippen LogP contribution in [0, 0.1) is 0 Å². The zero-order valence-corrected chi connectivity index (χ0v) is 12.4. The molecule has 0 N–H and O–H groups in total. The van der Waals surface area contributed by atoms with Crippen LogP contribution < -0.4 is 0 Å². The minimum atomic E-state index is -0.186. The van der Waals surface area contributed by atoms with Crippen LogP contribution in [0.2, 0.25) is 0 Å². The Kier molecular flexibility index (Phi) is 4.80. The Bertz CT molecular complexity index is 590. The molecule has 1 aliphatic heterocycles. The number of ether oxygens (including phenoxy) is 2. The van der Waals surface area contributed by atoms with E-state index in [0.717, 1.165) is 37.3 Å². The molecule has 1 saturated heterocycles. The van der Waals surface area contributed by atoms with Crippen LogP contribution in [0.15, 0.2) is 37.1 Å². The van der Waals surface area contributed by atoms with Gasteiger partial charge in [-0.3, -0.25) is 9.36 Å². The lowest BCUT2D eigenvalue weighted by Crippen LogP contribution is -2.11. The second kappa shape index (κ2) is 7.17. The van der Waals surface area contributed by atoms with Gasteiger partial charge in [0.2, 0.25) is 0 Å². The molecule has 3 heterocycles. The Morgan fingerprint density at radius 1 is 1.45 bits per heavy atom. The molecular formula is C16H19N3O3. The van der Waals surface area contributed by atoms with Crippen LogP contribution in [0.25, 0.3) is 5.82 Å². The average Bonchev–Trinajstić information content (AvgIpc) is 3.24. The van der Waals surface area contributed by atoms with Crippen molar-refractivity contribution in [3.05, 3.63) is 42.6 Å². The van der Waals surface area contributed by atoms with E-state index in [9.17, 15) is 4.79 Å². The quantitative estimate of drug-likeness (QED) is 0.766. The van der Waals surface area contributed by atoms with E-state index in [0.29, 0.717) is 6.42 Å². The molecule has 1 aliphatic rings. The van der Waals surface area contributed by atoms with E-state index in [1.807, 2.05) is 22.9 Å². The van der Waals surface area contributed by atoms with Gasteiger partial charge >= 0.3 is 5.97 Å². The molecule has 0 amide bonds. The molecule has 2 aromatic heterocycles. The van der Waals surface area contributed by atoms with E-state index in [-0.39, 0.29) is 18.7 Å². The predicted molar refractivity (Wildman–Crippen MR) is 79.4 cm³/mol. The van der Waals surface area contributed by atoms with Crippen LogP contribution in [-0.2, 0) is 20.9 Å². The number of aromatic nitrogens is 3. The van der Waals surface area contributed by atoms with E-state index < -0.39 is 0 Å². The molecule has 0 bridgehead atoms. The first-order valence-corrected chi connectivity index (χ1v) is 7.52. The van der Waals surface area contributed by atoms with Crippen LogP contribution >= 0.6 is 0 Å². The molecule has 1 fully saturated rings. The molecule has 1 atom stereocenters.